The first-order valence-corrected chi connectivity index (χ1v) is 15.9. The summed E-state index contributed by atoms with van der Waals surface area (Å²) in [5.41, 5.74) is 0.933. The molecule has 0 amide bonds. The molecule has 10 heteroatoms. The molecule has 2 heterocycles. The largest absolute Gasteiger partial charge is 0.506 e. The number of esters is 1. The molecule has 1 aromatic carbocycles. The molecule has 0 saturated heterocycles. The van der Waals surface area contributed by atoms with Crippen molar-refractivity contribution in [3.63, 3.8) is 0 Å². The molecule has 204 valence electrons. The highest BCUT2D eigenvalue weighted by atomic mass is 79.9. The summed E-state index contributed by atoms with van der Waals surface area (Å²) < 4.78 is 35.6. The van der Waals surface area contributed by atoms with Crippen molar-refractivity contribution < 1.29 is 23.1 Å². The van der Waals surface area contributed by atoms with E-state index in [0.717, 1.165) is 38.5 Å². The Kier molecular flexibility index (Phi) is 6.11. The monoisotopic (exact) mass is 603 g/mol. The van der Waals surface area contributed by atoms with Gasteiger partial charge in [-0.3, -0.25) is 9.98 Å². The second-order valence-corrected chi connectivity index (χ2v) is 15.2. The van der Waals surface area contributed by atoms with Crippen LogP contribution in [0.25, 0.3) is 10.9 Å². The third kappa shape index (κ3) is 3.96. The number of carbonyl (C=O) groups is 1. The smallest absolute Gasteiger partial charge is 0.340 e. The number of aliphatic imine (C=N–C) groups is 2. The number of sulfone groups is 1. The van der Waals surface area contributed by atoms with Gasteiger partial charge in [-0.2, -0.15) is 0 Å². The van der Waals surface area contributed by atoms with Crippen LogP contribution in [0.4, 0.5) is 0 Å². The Labute approximate surface area is 231 Å². The van der Waals surface area contributed by atoms with Gasteiger partial charge in [-0.25, -0.2) is 13.2 Å². The van der Waals surface area contributed by atoms with Crippen molar-refractivity contribution in [2.24, 2.45) is 34.8 Å². The topological polar surface area (TPSA) is 110 Å². The Morgan fingerprint density at radius 3 is 2.29 bits per heavy atom. The van der Waals surface area contributed by atoms with Crippen molar-refractivity contribution in [1.29, 1.82) is 0 Å². The first kappa shape index (κ1) is 26.0. The van der Waals surface area contributed by atoms with E-state index >= 15 is 0 Å². The van der Waals surface area contributed by atoms with E-state index in [4.69, 9.17) is 4.74 Å². The third-order valence-corrected chi connectivity index (χ3v) is 12.4. The lowest BCUT2D eigenvalue weighted by Gasteiger charge is -2.56. The Morgan fingerprint density at radius 2 is 1.74 bits per heavy atom. The highest BCUT2D eigenvalue weighted by molar-refractivity contribution is 9.10. The van der Waals surface area contributed by atoms with Crippen LogP contribution in [0, 0.1) is 17.8 Å². The zero-order valence-corrected chi connectivity index (χ0v) is 24.4. The van der Waals surface area contributed by atoms with E-state index in [0.29, 0.717) is 44.4 Å². The molecule has 1 N–H and O–H groups in total. The van der Waals surface area contributed by atoms with Gasteiger partial charge >= 0.3 is 5.97 Å². The van der Waals surface area contributed by atoms with Crippen LogP contribution in [0.2, 0.25) is 0 Å². The fraction of sp³-hybridized carbons (Fsp3) is 0.607. The molecule has 4 aliphatic carbocycles. The summed E-state index contributed by atoms with van der Waals surface area (Å²) >= 11 is 3.46. The Bertz CT molecular complexity index is 1460. The maximum Gasteiger partial charge on any atom is 0.340 e. The predicted octanol–water partition coefficient (Wildman–Crippen LogP) is 5.12. The number of aromatic hydroxyl groups is 1. The molecular formula is C28H34BrN3O5S. The van der Waals surface area contributed by atoms with Crippen LogP contribution in [-0.4, -0.2) is 53.5 Å². The first-order valence-electron chi connectivity index (χ1n) is 13.5. The van der Waals surface area contributed by atoms with Gasteiger partial charge < -0.3 is 14.4 Å². The average Bonchev–Trinajstić information content (AvgIpc) is 3.38. The number of ether oxygens (including phenoxy) is 1. The summed E-state index contributed by atoms with van der Waals surface area (Å²) in [6.07, 6.45) is 9.11. The molecule has 4 bridgehead atoms. The lowest BCUT2D eigenvalue weighted by molar-refractivity contribution is 0.0337. The molecule has 0 spiro atoms. The molecule has 5 aliphatic rings. The van der Waals surface area contributed by atoms with Crippen molar-refractivity contribution in [1.82, 2.24) is 4.57 Å². The minimum absolute atomic E-state index is 0.0114. The number of hydrogen-bond acceptors (Lipinski definition) is 7. The summed E-state index contributed by atoms with van der Waals surface area (Å²) in [5.74, 6) is 0.634. The molecule has 7 rings (SSSR count). The number of hydrogen-bond donors (Lipinski definition) is 1. The van der Waals surface area contributed by atoms with Crippen molar-refractivity contribution in [3.8, 4) is 5.75 Å². The quantitative estimate of drug-likeness (QED) is 0.442. The number of phenols is 1. The summed E-state index contributed by atoms with van der Waals surface area (Å²) in [7, 11) is -1.80. The Balaban J connectivity index is 1.52. The second kappa shape index (κ2) is 8.91. The summed E-state index contributed by atoms with van der Waals surface area (Å²) in [6, 6.07) is 1.74. The zero-order valence-electron chi connectivity index (χ0n) is 22.0. The van der Waals surface area contributed by atoms with Gasteiger partial charge in [0.15, 0.2) is 15.5 Å². The van der Waals surface area contributed by atoms with Crippen molar-refractivity contribution >= 4 is 55.1 Å². The van der Waals surface area contributed by atoms with Gasteiger partial charge in [0.25, 0.3) is 0 Å². The number of nitrogens with zero attached hydrogens (tertiary/aromatic N) is 3. The normalized spacial score (nSPS) is 29.0. The number of fused-ring (bicyclic) bond motifs is 1. The van der Waals surface area contributed by atoms with Gasteiger partial charge in [0.2, 0.25) is 0 Å². The molecular weight excluding hydrogens is 570 g/mol. The van der Waals surface area contributed by atoms with Crippen molar-refractivity contribution in [3.05, 3.63) is 27.4 Å². The molecule has 1 aliphatic heterocycles. The van der Waals surface area contributed by atoms with Crippen LogP contribution < -0.4 is 0 Å². The number of phenolic OH excluding ortho intramolecular Hbond substituents is 1. The van der Waals surface area contributed by atoms with Crippen molar-refractivity contribution in [2.75, 3.05) is 6.61 Å². The third-order valence-electron chi connectivity index (χ3n) is 9.37. The minimum Gasteiger partial charge on any atom is -0.506 e. The minimum atomic E-state index is -3.59. The highest BCUT2D eigenvalue weighted by Gasteiger charge is 2.57. The maximum atomic E-state index is 14.3. The average molecular weight is 605 g/mol. The standard InChI is InChI=1S/C28H34BrN3O5S/c1-4-37-26(34)24-22(15-38(35,36)28-11-16-7-17(12-28)9-18(8-16)13-28)32(3)21-10-20(29)25(33)19(23(21)24)14-27(2)30-5-6-31-27/h5-6,10,16-18,33H,4,7-9,11-15H2,1-3H3. The number of aryl methyl sites for hydroxylation is 1. The Morgan fingerprint density at radius 1 is 1.16 bits per heavy atom. The van der Waals surface area contributed by atoms with E-state index in [-0.39, 0.29) is 30.1 Å². The van der Waals surface area contributed by atoms with Crippen molar-refractivity contribution in [2.45, 2.75) is 75.0 Å². The van der Waals surface area contributed by atoms with Gasteiger partial charge in [0.1, 0.15) is 5.75 Å². The Hall–Kier alpha value is -2.20. The number of aromatic nitrogens is 1. The molecule has 0 atom stereocenters. The lowest BCUT2D eigenvalue weighted by Crippen LogP contribution is -2.55. The fourth-order valence-electron chi connectivity index (χ4n) is 8.04. The molecule has 4 saturated carbocycles. The lowest BCUT2D eigenvalue weighted by atomic mass is 9.56. The van der Waals surface area contributed by atoms with Crippen LogP contribution in [0.5, 0.6) is 5.75 Å². The molecule has 0 unspecified atom stereocenters. The van der Waals surface area contributed by atoms with Crippen LogP contribution in [0.15, 0.2) is 20.5 Å². The van der Waals surface area contributed by atoms with E-state index in [1.165, 1.54) is 0 Å². The van der Waals surface area contributed by atoms with Gasteiger partial charge in [0, 0.05) is 42.5 Å². The van der Waals surface area contributed by atoms with Crippen LogP contribution in [-0.2, 0) is 33.8 Å². The highest BCUT2D eigenvalue weighted by Crippen LogP contribution is 2.59. The molecule has 4 fully saturated rings. The summed E-state index contributed by atoms with van der Waals surface area (Å²) in [5, 5.41) is 11.7. The number of carbonyl (C=O) groups excluding carboxylic acids is 1. The molecule has 2 aromatic rings. The SMILES string of the molecule is CCOC(=O)c1c(CS(=O)(=O)C23CC4CC(CC(C4)C2)C3)n(C)c2cc(Br)c(O)c(CC3(C)N=CC=N3)c12. The molecule has 0 radical (unpaired) electrons. The van der Waals surface area contributed by atoms with E-state index in [1.54, 1.807) is 37.0 Å². The summed E-state index contributed by atoms with van der Waals surface area (Å²) in [4.78, 5) is 22.4. The van der Waals surface area contributed by atoms with E-state index in [9.17, 15) is 18.3 Å². The van der Waals surface area contributed by atoms with E-state index in [1.807, 2.05) is 6.92 Å². The predicted molar refractivity (Wildman–Crippen MR) is 151 cm³/mol. The fourth-order valence-corrected chi connectivity index (χ4v) is 11.0. The molecule has 8 nitrogen and oxygen atoms in total. The second-order valence-electron chi connectivity index (χ2n) is 12.0. The van der Waals surface area contributed by atoms with Gasteiger partial charge in [0.05, 0.1) is 32.7 Å². The van der Waals surface area contributed by atoms with E-state index in [2.05, 4.69) is 25.9 Å². The van der Waals surface area contributed by atoms with E-state index < -0.39 is 26.2 Å². The van der Waals surface area contributed by atoms with Crippen LogP contribution in [0.3, 0.4) is 0 Å². The maximum absolute atomic E-state index is 14.3. The van der Waals surface area contributed by atoms with Gasteiger partial charge in [-0.15, -0.1) is 0 Å². The number of halogens is 1. The number of benzene rings is 1. The summed E-state index contributed by atoms with van der Waals surface area (Å²) in [6.45, 7) is 3.73. The molecule has 38 heavy (non-hydrogen) atoms. The van der Waals surface area contributed by atoms with Crippen LogP contribution in [0.1, 0.15) is 74.0 Å². The molecule has 1 aromatic heterocycles. The van der Waals surface area contributed by atoms with Gasteiger partial charge in [-0.1, -0.05) is 0 Å². The first-order chi connectivity index (χ1) is 18.0. The van der Waals surface area contributed by atoms with Crippen LogP contribution >= 0.6 is 15.9 Å². The zero-order chi connectivity index (χ0) is 27.0. The van der Waals surface area contributed by atoms with Gasteiger partial charge in [-0.05, 0) is 92.1 Å². The number of rotatable bonds is 7.